The van der Waals surface area contributed by atoms with Gasteiger partial charge < -0.3 is 5.32 Å². The Hall–Kier alpha value is -0.690. The van der Waals surface area contributed by atoms with Crippen molar-refractivity contribution in [1.82, 2.24) is 10.0 Å². The van der Waals surface area contributed by atoms with E-state index in [4.69, 9.17) is 11.6 Å². The van der Waals surface area contributed by atoms with Crippen LogP contribution in [0.25, 0.3) is 0 Å². The van der Waals surface area contributed by atoms with Crippen LogP contribution in [-0.4, -0.2) is 22.0 Å². The second kappa shape index (κ2) is 6.39. The Bertz CT molecular complexity index is 588. The van der Waals surface area contributed by atoms with Gasteiger partial charge in [0.15, 0.2) is 0 Å². The number of nitrogens with one attached hydrogen (secondary N) is 2. The summed E-state index contributed by atoms with van der Waals surface area (Å²) in [6.45, 7) is 0.694. The van der Waals surface area contributed by atoms with Gasteiger partial charge in [0, 0.05) is 13.1 Å². The molecule has 1 saturated carbocycles. The highest BCUT2D eigenvalue weighted by Gasteiger charge is 2.23. The van der Waals surface area contributed by atoms with Crippen molar-refractivity contribution in [3.8, 4) is 0 Å². The second-order valence-corrected chi connectivity index (χ2v) is 7.18. The van der Waals surface area contributed by atoms with Crippen molar-refractivity contribution >= 4 is 21.6 Å². The molecule has 1 aliphatic carbocycles. The van der Waals surface area contributed by atoms with Crippen molar-refractivity contribution in [2.45, 2.75) is 30.7 Å². The largest absolute Gasteiger partial charge is 0.316 e. The van der Waals surface area contributed by atoms with Gasteiger partial charge in [-0.25, -0.2) is 17.5 Å². The SMILES string of the molecule is CNCc1cc(S(=O)(=O)NCCC2CC2)cc(F)c1Cl. The van der Waals surface area contributed by atoms with Gasteiger partial charge in [0.25, 0.3) is 0 Å². The highest BCUT2D eigenvalue weighted by molar-refractivity contribution is 7.89. The van der Waals surface area contributed by atoms with Crippen LogP contribution in [0.5, 0.6) is 0 Å². The normalized spacial score (nSPS) is 15.6. The highest BCUT2D eigenvalue weighted by atomic mass is 35.5. The minimum Gasteiger partial charge on any atom is -0.316 e. The number of rotatable bonds is 7. The first-order valence-corrected chi connectivity index (χ1v) is 8.42. The van der Waals surface area contributed by atoms with E-state index in [0.29, 0.717) is 24.6 Å². The molecule has 0 aromatic heterocycles. The van der Waals surface area contributed by atoms with E-state index in [2.05, 4.69) is 10.0 Å². The van der Waals surface area contributed by atoms with Gasteiger partial charge >= 0.3 is 0 Å². The van der Waals surface area contributed by atoms with E-state index >= 15 is 0 Å². The van der Waals surface area contributed by atoms with E-state index in [0.717, 1.165) is 12.5 Å². The summed E-state index contributed by atoms with van der Waals surface area (Å²) in [5.74, 6) is -0.0820. The van der Waals surface area contributed by atoms with Crippen LogP contribution >= 0.6 is 11.6 Å². The minimum atomic E-state index is -3.68. The summed E-state index contributed by atoms with van der Waals surface area (Å²) < 4.78 is 40.4. The molecule has 1 fully saturated rings. The van der Waals surface area contributed by atoms with E-state index in [1.807, 2.05) is 0 Å². The number of sulfonamides is 1. The van der Waals surface area contributed by atoms with Gasteiger partial charge in [-0.1, -0.05) is 24.4 Å². The van der Waals surface area contributed by atoms with Gasteiger partial charge in [-0.05, 0) is 37.1 Å². The summed E-state index contributed by atoms with van der Waals surface area (Å²) in [5.41, 5.74) is 0.428. The lowest BCUT2D eigenvalue weighted by Crippen LogP contribution is -2.25. The lowest BCUT2D eigenvalue weighted by atomic mass is 10.2. The molecule has 112 valence electrons. The van der Waals surface area contributed by atoms with E-state index in [9.17, 15) is 12.8 Å². The Kier molecular flexibility index (Phi) is 5.01. The molecule has 0 aliphatic heterocycles. The van der Waals surface area contributed by atoms with Crippen LogP contribution in [-0.2, 0) is 16.6 Å². The summed E-state index contributed by atoms with van der Waals surface area (Å²) in [6.07, 6.45) is 3.17. The van der Waals surface area contributed by atoms with Gasteiger partial charge in [0.2, 0.25) is 10.0 Å². The molecule has 0 unspecified atom stereocenters. The Morgan fingerprint density at radius 2 is 2.10 bits per heavy atom. The van der Waals surface area contributed by atoms with Crippen molar-refractivity contribution in [3.05, 3.63) is 28.5 Å². The third kappa shape index (κ3) is 3.91. The number of halogens is 2. The lowest BCUT2D eigenvalue weighted by molar-refractivity contribution is 0.571. The molecule has 0 atom stereocenters. The molecule has 1 aromatic rings. The molecule has 0 amide bonds. The Morgan fingerprint density at radius 1 is 1.40 bits per heavy atom. The van der Waals surface area contributed by atoms with Crippen LogP contribution in [0.2, 0.25) is 5.02 Å². The Balaban J connectivity index is 2.16. The smallest absolute Gasteiger partial charge is 0.240 e. The van der Waals surface area contributed by atoms with Crippen molar-refractivity contribution < 1.29 is 12.8 Å². The maximum absolute atomic E-state index is 13.7. The molecule has 0 bridgehead atoms. The molecule has 1 aromatic carbocycles. The fourth-order valence-electron chi connectivity index (χ4n) is 1.98. The van der Waals surface area contributed by atoms with Crippen molar-refractivity contribution in [3.63, 3.8) is 0 Å². The van der Waals surface area contributed by atoms with Gasteiger partial charge in [-0.15, -0.1) is 0 Å². The van der Waals surface area contributed by atoms with E-state index in [-0.39, 0.29) is 9.92 Å². The zero-order valence-electron chi connectivity index (χ0n) is 11.2. The predicted molar refractivity (Wildman–Crippen MR) is 76.7 cm³/mol. The van der Waals surface area contributed by atoms with Crippen LogP contribution in [0.3, 0.4) is 0 Å². The molecule has 1 aliphatic rings. The van der Waals surface area contributed by atoms with Gasteiger partial charge in [-0.2, -0.15) is 0 Å². The number of hydrogen-bond acceptors (Lipinski definition) is 3. The third-order valence-corrected chi connectivity index (χ3v) is 5.16. The molecular weight excluding hydrogens is 303 g/mol. The molecule has 0 spiro atoms. The van der Waals surface area contributed by atoms with Crippen LogP contribution < -0.4 is 10.0 Å². The van der Waals surface area contributed by atoms with E-state index in [1.165, 1.54) is 18.9 Å². The topological polar surface area (TPSA) is 58.2 Å². The fourth-order valence-corrected chi connectivity index (χ4v) is 3.27. The first-order chi connectivity index (χ1) is 9.44. The van der Waals surface area contributed by atoms with Gasteiger partial charge in [-0.3, -0.25) is 0 Å². The third-order valence-electron chi connectivity index (χ3n) is 3.30. The molecule has 20 heavy (non-hydrogen) atoms. The average molecular weight is 321 g/mol. The quantitative estimate of drug-likeness (QED) is 0.810. The summed E-state index contributed by atoms with van der Waals surface area (Å²) in [6, 6.07) is 2.36. The van der Waals surface area contributed by atoms with Crippen LogP contribution in [0.4, 0.5) is 4.39 Å². The molecule has 0 heterocycles. The maximum Gasteiger partial charge on any atom is 0.240 e. The van der Waals surface area contributed by atoms with Crippen LogP contribution in [0, 0.1) is 11.7 Å². The lowest BCUT2D eigenvalue weighted by Gasteiger charge is -2.10. The molecule has 0 radical (unpaired) electrons. The number of benzene rings is 1. The van der Waals surface area contributed by atoms with Crippen LogP contribution in [0.15, 0.2) is 17.0 Å². The minimum absolute atomic E-state index is 0.0451. The van der Waals surface area contributed by atoms with E-state index < -0.39 is 15.8 Å². The number of hydrogen-bond donors (Lipinski definition) is 2. The standard InChI is InChI=1S/C13H18ClFN2O2S/c1-16-8-10-6-11(7-12(15)13(10)14)20(18,19)17-5-4-9-2-3-9/h6-7,9,16-17H,2-5,8H2,1H3. The summed E-state index contributed by atoms with van der Waals surface area (Å²) in [7, 11) is -2.00. The molecular formula is C13H18ClFN2O2S. The molecule has 2 rings (SSSR count). The van der Waals surface area contributed by atoms with Crippen LogP contribution in [0.1, 0.15) is 24.8 Å². The predicted octanol–water partition coefficient (Wildman–Crippen LogP) is 2.28. The van der Waals surface area contributed by atoms with Crippen molar-refractivity contribution in [1.29, 1.82) is 0 Å². The molecule has 2 N–H and O–H groups in total. The van der Waals surface area contributed by atoms with E-state index in [1.54, 1.807) is 7.05 Å². The molecule has 7 heteroatoms. The fraction of sp³-hybridized carbons (Fsp3) is 0.538. The summed E-state index contributed by atoms with van der Waals surface area (Å²) >= 11 is 5.82. The Morgan fingerprint density at radius 3 is 2.70 bits per heavy atom. The zero-order chi connectivity index (χ0) is 14.8. The molecule has 4 nitrogen and oxygen atoms in total. The second-order valence-electron chi connectivity index (χ2n) is 5.04. The first kappa shape index (κ1) is 15.7. The monoisotopic (exact) mass is 320 g/mol. The first-order valence-electron chi connectivity index (χ1n) is 6.56. The highest BCUT2D eigenvalue weighted by Crippen LogP contribution is 2.32. The Labute approximate surface area is 123 Å². The average Bonchev–Trinajstić information content (AvgIpc) is 3.18. The van der Waals surface area contributed by atoms with Gasteiger partial charge in [0.05, 0.1) is 9.92 Å². The van der Waals surface area contributed by atoms with Crippen molar-refractivity contribution in [2.75, 3.05) is 13.6 Å². The zero-order valence-corrected chi connectivity index (χ0v) is 12.8. The summed E-state index contributed by atoms with van der Waals surface area (Å²) in [5, 5.41) is 2.79. The van der Waals surface area contributed by atoms with Gasteiger partial charge in [0.1, 0.15) is 5.82 Å². The maximum atomic E-state index is 13.7. The molecule has 0 saturated heterocycles. The van der Waals surface area contributed by atoms with Crippen molar-refractivity contribution in [2.24, 2.45) is 5.92 Å². The summed E-state index contributed by atoms with van der Waals surface area (Å²) in [4.78, 5) is -0.0829.